The number of esters is 1. The molecule has 0 aliphatic heterocycles. The number of carbonyl (C=O) groups is 2. The van der Waals surface area contributed by atoms with E-state index in [4.69, 9.17) is 4.74 Å². The van der Waals surface area contributed by atoms with E-state index in [0.29, 0.717) is 6.42 Å². The van der Waals surface area contributed by atoms with E-state index in [1.807, 2.05) is 48.7 Å². The van der Waals surface area contributed by atoms with E-state index in [9.17, 15) is 9.59 Å². The van der Waals surface area contributed by atoms with Crippen molar-refractivity contribution in [3.63, 3.8) is 0 Å². The molecule has 0 bridgehead atoms. The monoisotopic (exact) mass is 340 g/mol. The van der Waals surface area contributed by atoms with Crippen molar-refractivity contribution in [2.24, 2.45) is 5.92 Å². The maximum Gasteiger partial charge on any atom is 0.317 e. The molecule has 1 aromatic carbocycles. The molecular weight excluding hydrogens is 320 g/mol. The number of thiophene rings is 1. The number of rotatable bonds is 4. The summed E-state index contributed by atoms with van der Waals surface area (Å²) in [5.41, 5.74) is 3.15. The second-order valence-electron chi connectivity index (χ2n) is 5.95. The molecule has 24 heavy (non-hydrogen) atoms. The molecule has 4 heteroatoms. The fraction of sp³-hybridized carbons (Fsp3) is 0.300. The van der Waals surface area contributed by atoms with E-state index in [1.54, 1.807) is 24.3 Å². The van der Waals surface area contributed by atoms with E-state index < -0.39 is 11.9 Å². The second kappa shape index (κ2) is 7.14. The first-order chi connectivity index (χ1) is 11.6. The lowest BCUT2D eigenvalue weighted by Gasteiger charge is -2.30. The van der Waals surface area contributed by atoms with Gasteiger partial charge in [0.05, 0.1) is 6.61 Å². The van der Waals surface area contributed by atoms with Crippen molar-refractivity contribution in [1.29, 1.82) is 0 Å². The topological polar surface area (TPSA) is 43.4 Å². The summed E-state index contributed by atoms with van der Waals surface area (Å²) in [4.78, 5) is 26.3. The van der Waals surface area contributed by atoms with Crippen LogP contribution in [0.3, 0.4) is 0 Å². The summed E-state index contributed by atoms with van der Waals surface area (Å²) in [6, 6.07) is 12.0. The first kappa shape index (κ1) is 16.7. The van der Waals surface area contributed by atoms with Crippen LogP contribution in [0.5, 0.6) is 0 Å². The van der Waals surface area contributed by atoms with Crippen LogP contribution in [0.15, 0.2) is 47.9 Å². The fourth-order valence-electron chi connectivity index (χ4n) is 3.31. The Kier molecular flexibility index (Phi) is 4.95. The van der Waals surface area contributed by atoms with Gasteiger partial charge in [-0.1, -0.05) is 30.3 Å². The van der Waals surface area contributed by atoms with Gasteiger partial charge in [0.1, 0.15) is 5.92 Å². The number of benzene rings is 1. The Hall–Kier alpha value is -2.20. The molecule has 0 saturated carbocycles. The van der Waals surface area contributed by atoms with E-state index in [0.717, 1.165) is 21.6 Å². The Bertz CT molecular complexity index is 774. The Morgan fingerprint density at radius 1 is 1.25 bits per heavy atom. The first-order valence-corrected chi connectivity index (χ1v) is 9.00. The van der Waals surface area contributed by atoms with Gasteiger partial charge in [-0.2, -0.15) is 0 Å². The Morgan fingerprint density at radius 2 is 2.04 bits per heavy atom. The van der Waals surface area contributed by atoms with Crippen molar-refractivity contribution in [3.8, 4) is 0 Å². The molecule has 0 N–H and O–H groups in total. The molecule has 124 valence electrons. The number of hydrogen-bond donors (Lipinski definition) is 0. The SMILES string of the molecule is CCOC(=O)[C@H]1C(=O)C=C(c2cccs2)C[C@H]1c1ccccc1C. The highest BCUT2D eigenvalue weighted by atomic mass is 32.1. The third-order valence-corrected chi connectivity index (χ3v) is 5.38. The van der Waals surface area contributed by atoms with Crippen LogP contribution >= 0.6 is 11.3 Å². The minimum atomic E-state index is -0.755. The number of aryl methyl sites for hydroxylation is 1. The number of hydrogen-bond acceptors (Lipinski definition) is 4. The van der Waals surface area contributed by atoms with Gasteiger partial charge in [0.15, 0.2) is 5.78 Å². The summed E-state index contributed by atoms with van der Waals surface area (Å²) in [6.45, 7) is 4.07. The summed E-state index contributed by atoms with van der Waals surface area (Å²) in [6.07, 6.45) is 2.29. The first-order valence-electron chi connectivity index (χ1n) is 8.12. The van der Waals surface area contributed by atoms with Gasteiger partial charge in [-0.15, -0.1) is 11.3 Å². The van der Waals surface area contributed by atoms with E-state index in [2.05, 4.69) is 0 Å². The zero-order valence-electron chi connectivity index (χ0n) is 13.8. The molecule has 1 aliphatic carbocycles. The van der Waals surface area contributed by atoms with Crippen molar-refractivity contribution in [2.75, 3.05) is 6.61 Å². The molecule has 1 aromatic heterocycles. The van der Waals surface area contributed by atoms with E-state index in [-0.39, 0.29) is 18.3 Å². The Balaban J connectivity index is 2.04. The van der Waals surface area contributed by atoms with Crippen molar-refractivity contribution in [1.82, 2.24) is 0 Å². The van der Waals surface area contributed by atoms with Gasteiger partial charge >= 0.3 is 5.97 Å². The lowest BCUT2D eigenvalue weighted by atomic mass is 9.73. The van der Waals surface area contributed by atoms with Crippen LogP contribution < -0.4 is 0 Å². The number of carbonyl (C=O) groups excluding carboxylic acids is 2. The number of ether oxygens (including phenoxy) is 1. The summed E-state index contributed by atoms with van der Waals surface area (Å²) in [7, 11) is 0. The van der Waals surface area contributed by atoms with Gasteiger partial charge in [-0.3, -0.25) is 9.59 Å². The lowest BCUT2D eigenvalue weighted by Crippen LogP contribution is -2.34. The van der Waals surface area contributed by atoms with Crippen LogP contribution in [0.25, 0.3) is 5.57 Å². The Labute approximate surface area is 146 Å². The van der Waals surface area contributed by atoms with Gasteiger partial charge < -0.3 is 4.74 Å². The molecule has 1 aliphatic rings. The minimum Gasteiger partial charge on any atom is -0.465 e. The lowest BCUT2D eigenvalue weighted by molar-refractivity contribution is -0.151. The second-order valence-corrected chi connectivity index (χ2v) is 6.89. The zero-order valence-corrected chi connectivity index (χ0v) is 14.6. The van der Waals surface area contributed by atoms with Gasteiger partial charge in [0.25, 0.3) is 0 Å². The predicted octanol–water partition coefficient (Wildman–Crippen LogP) is 4.38. The molecule has 2 aromatic rings. The van der Waals surface area contributed by atoms with Crippen LogP contribution in [-0.4, -0.2) is 18.4 Å². The largest absolute Gasteiger partial charge is 0.465 e. The standard InChI is InChI=1S/C20H20O3S/c1-3-23-20(22)19-16(15-8-5-4-7-13(15)2)11-14(12-17(19)21)18-9-6-10-24-18/h4-10,12,16,19H,3,11H2,1-2H3/t16-,19+/m0/s1. The van der Waals surface area contributed by atoms with Crippen LogP contribution in [-0.2, 0) is 14.3 Å². The highest BCUT2D eigenvalue weighted by molar-refractivity contribution is 7.11. The van der Waals surface area contributed by atoms with Crippen molar-refractivity contribution >= 4 is 28.7 Å². The van der Waals surface area contributed by atoms with Crippen LogP contribution in [0.1, 0.15) is 35.3 Å². The molecule has 0 amide bonds. The fourth-order valence-corrected chi connectivity index (χ4v) is 4.07. The van der Waals surface area contributed by atoms with E-state index in [1.165, 1.54) is 0 Å². The molecule has 3 nitrogen and oxygen atoms in total. The summed E-state index contributed by atoms with van der Waals surface area (Å²) >= 11 is 1.62. The maximum atomic E-state index is 12.7. The van der Waals surface area contributed by atoms with Crippen molar-refractivity contribution in [2.45, 2.75) is 26.2 Å². The summed E-state index contributed by atoms with van der Waals surface area (Å²) in [5.74, 6) is -1.51. The molecule has 0 spiro atoms. The van der Waals surface area contributed by atoms with Gasteiger partial charge in [-0.05, 0) is 54.5 Å². The molecule has 0 unspecified atom stereocenters. The van der Waals surface area contributed by atoms with Gasteiger partial charge in [-0.25, -0.2) is 0 Å². The van der Waals surface area contributed by atoms with Crippen LogP contribution in [0, 0.1) is 12.8 Å². The molecule has 3 rings (SSSR count). The van der Waals surface area contributed by atoms with Crippen molar-refractivity contribution < 1.29 is 14.3 Å². The molecule has 0 fully saturated rings. The third kappa shape index (κ3) is 3.20. The third-order valence-electron chi connectivity index (χ3n) is 4.43. The van der Waals surface area contributed by atoms with Crippen molar-refractivity contribution in [3.05, 3.63) is 63.9 Å². The highest BCUT2D eigenvalue weighted by Gasteiger charge is 2.40. The zero-order chi connectivity index (χ0) is 17.1. The highest BCUT2D eigenvalue weighted by Crippen LogP contribution is 2.42. The minimum absolute atomic E-state index is 0.156. The molecule has 0 saturated heterocycles. The molecule has 1 heterocycles. The average molecular weight is 340 g/mol. The van der Waals surface area contributed by atoms with Crippen LogP contribution in [0.4, 0.5) is 0 Å². The number of ketones is 1. The van der Waals surface area contributed by atoms with Gasteiger partial charge in [0.2, 0.25) is 0 Å². The van der Waals surface area contributed by atoms with E-state index >= 15 is 0 Å². The quantitative estimate of drug-likeness (QED) is 0.613. The number of allylic oxidation sites excluding steroid dienone is 2. The predicted molar refractivity (Wildman–Crippen MR) is 96.0 cm³/mol. The van der Waals surface area contributed by atoms with Gasteiger partial charge in [0, 0.05) is 10.8 Å². The maximum absolute atomic E-state index is 12.7. The molecule has 0 radical (unpaired) electrons. The summed E-state index contributed by atoms with van der Waals surface area (Å²) in [5, 5.41) is 2.00. The summed E-state index contributed by atoms with van der Waals surface area (Å²) < 4.78 is 5.18. The smallest absolute Gasteiger partial charge is 0.317 e. The Morgan fingerprint density at radius 3 is 2.71 bits per heavy atom. The average Bonchev–Trinajstić information content (AvgIpc) is 3.09. The van der Waals surface area contributed by atoms with Crippen LogP contribution in [0.2, 0.25) is 0 Å². The normalized spacial score (nSPS) is 20.6. The molecule has 2 atom stereocenters. The molecular formula is C20H20O3S.